The summed E-state index contributed by atoms with van der Waals surface area (Å²) in [5.41, 5.74) is 2.65. The highest BCUT2D eigenvalue weighted by Gasteiger charge is 2.18. The fraction of sp³-hybridized carbons (Fsp3) is 0.333. The van der Waals surface area contributed by atoms with Crippen LogP contribution >= 0.6 is 0 Å². The molecule has 3 rings (SSSR count). The standard InChI is InChI=1S/C14H19NSi.C10H15N3O4Si/c1-15(2)14-9-5-7-12-11(10-16-3)6-4-8-13(12)14;1-18-6-2-5-11-9-4-3-8(12(14)15)7-10(9)13(16)17/h4-9H,10,16H2,1-3H3;3-4,7,11H,2,5-6,18H2,1H3. The van der Waals surface area contributed by atoms with Crippen molar-refractivity contribution >= 4 is 52.6 Å². The second-order valence-corrected chi connectivity index (χ2v) is 11.5. The van der Waals surface area contributed by atoms with Crippen LogP contribution < -0.4 is 10.2 Å². The molecule has 34 heavy (non-hydrogen) atoms. The van der Waals surface area contributed by atoms with Gasteiger partial charge in [0, 0.05) is 56.8 Å². The van der Waals surface area contributed by atoms with Crippen LogP contribution in [0, 0.1) is 20.2 Å². The van der Waals surface area contributed by atoms with Crippen molar-refractivity contribution in [2.45, 2.75) is 31.6 Å². The smallest absolute Gasteiger partial charge is 0.299 e. The van der Waals surface area contributed by atoms with Gasteiger partial charge in [0.1, 0.15) is 5.69 Å². The highest BCUT2D eigenvalue weighted by molar-refractivity contribution is 6.33. The molecule has 0 aliphatic rings. The zero-order valence-electron chi connectivity index (χ0n) is 20.4. The molecule has 0 fully saturated rings. The Morgan fingerprint density at radius 2 is 1.62 bits per heavy atom. The monoisotopic (exact) mass is 498 g/mol. The maximum Gasteiger partial charge on any atom is 0.299 e. The fourth-order valence-electron chi connectivity index (χ4n) is 3.77. The van der Waals surface area contributed by atoms with Gasteiger partial charge in [-0.25, -0.2) is 0 Å². The second kappa shape index (κ2) is 13.5. The maximum absolute atomic E-state index is 10.8. The molecule has 3 aromatic carbocycles. The summed E-state index contributed by atoms with van der Waals surface area (Å²) in [4.78, 5) is 22.3. The minimum absolute atomic E-state index is 0.00809. The van der Waals surface area contributed by atoms with E-state index in [9.17, 15) is 20.2 Å². The third kappa shape index (κ3) is 7.39. The van der Waals surface area contributed by atoms with Gasteiger partial charge in [-0.15, -0.1) is 0 Å². The lowest BCUT2D eigenvalue weighted by Gasteiger charge is -2.16. The Morgan fingerprint density at radius 3 is 2.24 bits per heavy atom. The van der Waals surface area contributed by atoms with Crippen LogP contribution in [0.3, 0.4) is 0 Å². The molecule has 8 nitrogen and oxygen atoms in total. The number of nitrogens with one attached hydrogen (secondary N) is 1. The van der Waals surface area contributed by atoms with Gasteiger partial charge in [0.2, 0.25) is 0 Å². The van der Waals surface area contributed by atoms with E-state index in [0.29, 0.717) is 12.2 Å². The Kier molecular flexibility index (Phi) is 10.7. The lowest BCUT2D eigenvalue weighted by atomic mass is 10.0. The van der Waals surface area contributed by atoms with Gasteiger partial charge in [0.05, 0.1) is 15.9 Å². The van der Waals surface area contributed by atoms with Gasteiger partial charge in [-0.2, -0.15) is 0 Å². The first kappa shape index (κ1) is 27.0. The Morgan fingerprint density at radius 1 is 0.912 bits per heavy atom. The number of nitro benzene ring substituents is 2. The van der Waals surface area contributed by atoms with E-state index in [-0.39, 0.29) is 30.4 Å². The molecule has 0 radical (unpaired) electrons. The third-order valence-electron chi connectivity index (χ3n) is 5.48. The lowest BCUT2D eigenvalue weighted by Crippen LogP contribution is -2.09. The first-order chi connectivity index (χ1) is 16.3. The number of hydrogen-bond acceptors (Lipinski definition) is 6. The number of anilines is 2. The predicted octanol–water partition coefficient (Wildman–Crippen LogP) is 4.56. The largest absolute Gasteiger partial charge is 0.379 e. The molecular formula is C24H34N4O4Si2. The van der Waals surface area contributed by atoms with E-state index in [0.717, 1.165) is 12.5 Å². The van der Waals surface area contributed by atoms with E-state index in [4.69, 9.17) is 0 Å². The van der Waals surface area contributed by atoms with Gasteiger partial charge >= 0.3 is 0 Å². The van der Waals surface area contributed by atoms with Crippen LogP contribution in [0.5, 0.6) is 0 Å². The number of hydrogen-bond donors (Lipinski definition) is 1. The third-order valence-corrected chi connectivity index (χ3v) is 7.72. The lowest BCUT2D eigenvalue weighted by molar-refractivity contribution is -0.393. The van der Waals surface area contributed by atoms with Gasteiger partial charge in [-0.1, -0.05) is 49.5 Å². The molecule has 0 aromatic heterocycles. The van der Waals surface area contributed by atoms with Crippen LogP contribution in [-0.4, -0.2) is 49.5 Å². The molecular weight excluding hydrogens is 464 g/mol. The topological polar surface area (TPSA) is 102 Å². The average Bonchev–Trinajstić information content (AvgIpc) is 2.82. The van der Waals surface area contributed by atoms with Crippen LogP contribution in [0.1, 0.15) is 12.0 Å². The van der Waals surface area contributed by atoms with E-state index in [1.165, 1.54) is 46.2 Å². The van der Waals surface area contributed by atoms with Crippen molar-refractivity contribution in [3.63, 3.8) is 0 Å². The average molecular weight is 499 g/mol. The first-order valence-electron chi connectivity index (χ1n) is 11.6. The molecule has 0 amide bonds. The molecule has 0 heterocycles. The van der Waals surface area contributed by atoms with E-state index >= 15 is 0 Å². The van der Waals surface area contributed by atoms with Crippen LogP contribution in [0.25, 0.3) is 10.8 Å². The summed E-state index contributed by atoms with van der Waals surface area (Å²) in [6.45, 7) is 5.22. The number of fused-ring (bicyclic) bond motifs is 1. The summed E-state index contributed by atoms with van der Waals surface area (Å²) in [5.74, 6) is 0. The SMILES string of the molecule is C[SiH2]CCCNc1ccc([N+](=O)[O-])cc1[N+](=O)[O-].C[SiH2]Cc1cccc2c(N(C)C)cccc12. The van der Waals surface area contributed by atoms with Crippen molar-refractivity contribution in [3.05, 3.63) is 80.4 Å². The molecule has 182 valence electrons. The van der Waals surface area contributed by atoms with Gasteiger partial charge in [0.25, 0.3) is 11.4 Å². The van der Waals surface area contributed by atoms with Gasteiger partial charge in [-0.05, 0) is 35.5 Å². The van der Waals surface area contributed by atoms with Crippen LogP contribution in [0.15, 0.2) is 54.6 Å². The molecule has 0 atom stereocenters. The summed E-state index contributed by atoms with van der Waals surface area (Å²) in [6, 6.07) is 19.4. The quantitative estimate of drug-likeness (QED) is 0.190. The highest BCUT2D eigenvalue weighted by Crippen LogP contribution is 2.29. The van der Waals surface area contributed by atoms with E-state index in [1.54, 1.807) is 0 Å². The number of rotatable bonds is 10. The van der Waals surface area contributed by atoms with E-state index in [2.05, 4.69) is 73.8 Å². The van der Waals surface area contributed by atoms with Crippen molar-refractivity contribution in [1.82, 2.24) is 0 Å². The minimum atomic E-state index is -0.639. The minimum Gasteiger partial charge on any atom is -0.379 e. The Balaban J connectivity index is 0.000000241. The normalized spacial score (nSPS) is 11.1. The highest BCUT2D eigenvalue weighted by atomic mass is 28.2. The second-order valence-electron chi connectivity index (χ2n) is 8.28. The summed E-state index contributed by atoms with van der Waals surface area (Å²) in [6.07, 6.45) is 0.969. The number of non-ortho nitro benzene ring substituents is 1. The van der Waals surface area contributed by atoms with Gasteiger partial charge < -0.3 is 10.2 Å². The van der Waals surface area contributed by atoms with Crippen molar-refractivity contribution in [3.8, 4) is 0 Å². The van der Waals surface area contributed by atoms with Gasteiger partial charge in [0.15, 0.2) is 0 Å². The molecule has 3 aromatic rings. The first-order valence-corrected chi connectivity index (χ1v) is 16.5. The maximum atomic E-state index is 10.8. The molecule has 0 spiro atoms. The summed E-state index contributed by atoms with van der Waals surface area (Å²) >= 11 is 0. The Hall–Kier alpha value is -3.25. The molecule has 1 N–H and O–H groups in total. The molecule has 0 aliphatic heterocycles. The number of benzene rings is 3. The molecule has 0 saturated heterocycles. The Labute approximate surface area is 205 Å². The van der Waals surface area contributed by atoms with Crippen molar-refractivity contribution in [2.24, 2.45) is 0 Å². The predicted molar refractivity (Wildman–Crippen MR) is 148 cm³/mol. The molecule has 10 heteroatoms. The van der Waals surface area contributed by atoms with Crippen LogP contribution in [0.4, 0.5) is 22.7 Å². The summed E-state index contributed by atoms with van der Waals surface area (Å²) < 4.78 is 0. The van der Waals surface area contributed by atoms with Crippen molar-refractivity contribution in [2.75, 3.05) is 30.9 Å². The van der Waals surface area contributed by atoms with Crippen molar-refractivity contribution in [1.29, 1.82) is 0 Å². The number of nitro groups is 2. The van der Waals surface area contributed by atoms with E-state index < -0.39 is 9.85 Å². The zero-order valence-corrected chi connectivity index (χ0v) is 23.2. The number of nitrogens with zero attached hydrogens (tertiary/aromatic N) is 3. The zero-order chi connectivity index (χ0) is 25.1. The fourth-order valence-corrected chi connectivity index (χ4v) is 5.49. The Bertz CT molecular complexity index is 1130. The summed E-state index contributed by atoms with van der Waals surface area (Å²) in [7, 11) is 4.30. The van der Waals surface area contributed by atoms with Crippen LogP contribution in [-0.2, 0) is 6.04 Å². The molecule has 0 saturated carbocycles. The molecule has 0 aliphatic carbocycles. The molecule has 0 bridgehead atoms. The summed E-state index contributed by atoms with van der Waals surface area (Å²) in [5, 5.41) is 27.2. The van der Waals surface area contributed by atoms with Crippen LogP contribution in [0.2, 0.25) is 19.1 Å². The van der Waals surface area contributed by atoms with E-state index in [1.807, 2.05) is 0 Å². The van der Waals surface area contributed by atoms with Gasteiger partial charge in [-0.3, -0.25) is 20.2 Å². The molecule has 0 unspecified atom stereocenters. The van der Waals surface area contributed by atoms with Crippen molar-refractivity contribution < 1.29 is 9.85 Å².